The zero-order chi connectivity index (χ0) is 12.3. The van der Waals surface area contributed by atoms with Crippen LogP contribution in [0.5, 0.6) is 0 Å². The molecule has 86 valence electrons. The number of aliphatic hydroxyl groups is 1. The van der Waals surface area contributed by atoms with Crippen LogP contribution >= 0.6 is 0 Å². The van der Waals surface area contributed by atoms with Gasteiger partial charge in [0.2, 0.25) is 0 Å². The van der Waals surface area contributed by atoms with E-state index in [1.54, 1.807) is 0 Å². The van der Waals surface area contributed by atoms with Crippen LogP contribution in [0, 0.1) is 11.6 Å². The Morgan fingerprint density at radius 1 is 1.38 bits per heavy atom. The van der Waals surface area contributed by atoms with Gasteiger partial charge >= 0.3 is 5.97 Å². The number of carbonyl (C=O) groups excluding carboxylic acids is 1. The van der Waals surface area contributed by atoms with Crippen molar-refractivity contribution in [2.75, 3.05) is 7.11 Å². The summed E-state index contributed by atoms with van der Waals surface area (Å²) in [6.07, 6.45) is -1.49. The summed E-state index contributed by atoms with van der Waals surface area (Å²) in [5.74, 6) is -2.52. The van der Waals surface area contributed by atoms with Crippen molar-refractivity contribution in [2.24, 2.45) is 0 Å². The Morgan fingerprint density at radius 2 is 1.88 bits per heavy atom. The van der Waals surface area contributed by atoms with E-state index >= 15 is 0 Å². The SMILES string of the molecule is C=C(C(=O)OC)C(O)c1cc(F)cc(F)c1. The predicted molar refractivity (Wildman–Crippen MR) is 52.5 cm³/mol. The van der Waals surface area contributed by atoms with Crippen LogP contribution in [0.1, 0.15) is 11.7 Å². The molecule has 0 aliphatic heterocycles. The van der Waals surface area contributed by atoms with E-state index < -0.39 is 23.7 Å². The fraction of sp³-hybridized carbons (Fsp3) is 0.182. The van der Waals surface area contributed by atoms with Gasteiger partial charge in [0.05, 0.1) is 12.7 Å². The largest absolute Gasteiger partial charge is 0.466 e. The zero-order valence-corrected chi connectivity index (χ0v) is 8.54. The van der Waals surface area contributed by atoms with E-state index in [1.807, 2.05) is 0 Å². The maximum absolute atomic E-state index is 12.8. The van der Waals surface area contributed by atoms with Gasteiger partial charge in [0, 0.05) is 6.07 Å². The van der Waals surface area contributed by atoms with Crippen molar-refractivity contribution in [1.29, 1.82) is 0 Å². The number of methoxy groups -OCH3 is 1. The van der Waals surface area contributed by atoms with Crippen molar-refractivity contribution in [2.45, 2.75) is 6.10 Å². The Hall–Kier alpha value is -1.75. The molecule has 0 aliphatic carbocycles. The molecule has 0 spiro atoms. The van der Waals surface area contributed by atoms with Crippen LogP contribution in [0.2, 0.25) is 0 Å². The number of ether oxygens (including phenoxy) is 1. The van der Waals surface area contributed by atoms with E-state index in [0.717, 1.165) is 19.2 Å². The third kappa shape index (κ3) is 2.64. The molecule has 0 saturated carbocycles. The number of halogens is 2. The first-order valence-corrected chi connectivity index (χ1v) is 4.37. The highest BCUT2D eigenvalue weighted by atomic mass is 19.1. The maximum Gasteiger partial charge on any atom is 0.336 e. The Balaban J connectivity index is 3.00. The Bertz CT molecular complexity index is 409. The molecule has 0 bridgehead atoms. The van der Waals surface area contributed by atoms with E-state index in [4.69, 9.17) is 0 Å². The molecular formula is C11H10F2O3. The molecule has 1 unspecified atom stereocenters. The molecule has 0 radical (unpaired) electrons. The van der Waals surface area contributed by atoms with Crippen LogP contribution in [0.4, 0.5) is 8.78 Å². The number of benzene rings is 1. The van der Waals surface area contributed by atoms with Crippen LogP contribution < -0.4 is 0 Å². The summed E-state index contributed by atoms with van der Waals surface area (Å²) in [6.45, 7) is 3.29. The second kappa shape index (κ2) is 4.85. The summed E-state index contributed by atoms with van der Waals surface area (Å²) in [7, 11) is 1.12. The molecule has 0 heterocycles. The van der Waals surface area contributed by atoms with Crippen LogP contribution in [0.25, 0.3) is 0 Å². The third-order valence-electron chi connectivity index (χ3n) is 1.98. The molecule has 1 aromatic carbocycles. The normalized spacial score (nSPS) is 12.0. The molecule has 5 heteroatoms. The van der Waals surface area contributed by atoms with Crippen molar-refractivity contribution in [3.63, 3.8) is 0 Å². The first kappa shape index (κ1) is 12.3. The molecule has 16 heavy (non-hydrogen) atoms. The van der Waals surface area contributed by atoms with Crippen molar-refractivity contribution in [3.8, 4) is 0 Å². The molecule has 1 N–H and O–H groups in total. The molecule has 1 rings (SSSR count). The fourth-order valence-corrected chi connectivity index (χ4v) is 1.18. The molecular weight excluding hydrogens is 218 g/mol. The number of esters is 1. The van der Waals surface area contributed by atoms with E-state index in [-0.39, 0.29) is 11.1 Å². The minimum absolute atomic E-state index is 0.0899. The molecule has 0 saturated heterocycles. The Labute approximate surface area is 91.0 Å². The van der Waals surface area contributed by atoms with Crippen molar-refractivity contribution in [1.82, 2.24) is 0 Å². The zero-order valence-electron chi connectivity index (χ0n) is 8.54. The van der Waals surface area contributed by atoms with Crippen LogP contribution in [-0.2, 0) is 9.53 Å². The van der Waals surface area contributed by atoms with E-state index in [9.17, 15) is 18.7 Å². The van der Waals surface area contributed by atoms with E-state index in [1.165, 1.54) is 0 Å². The smallest absolute Gasteiger partial charge is 0.336 e. The second-order valence-electron chi connectivity index (χ2n) is 3.12. The molecule has 0 aromatic heterocycles. The van der Waals surface area contributed by atoms with Crippen molar-refractivity contribution < 1.29 is 23.4 Å². The topological polar surface area (TPSA) is 46.5 Å². The minimum Gasteiger partial charge on any atom is -0.466 e. The van der Waals surface area contributed by atoms with Gasteiger partial charge in [-0.25, -0.2) is 13.6 Å². The predicted octanol–water partition coefficient (Wildman–Crippen LogP) is 1.73. The molecule has 0 amide bonds. The van der Waals surface area contributed by atoms with E-state index in [2.05, 4.69) is 11.3 Å². The summed E-state index contributed by atoms with van der Waals surface area (Å²) in [4.78, 5) is 11.0. The summed E-state index contributed by atoms with van der Waals surface area (Å²) in [5.41, 5.74) is -0.375. The summed E-state index contributed by atoms with van der Waals surface area (Å²) < 4.78 is 30.0. The fourth-order valence-electron chi connectivity index (χ4n) is 1.18. The van der Waals surface area contributed by atoms with Crippen LogP contribution in [-0.4, -0.2) is 18.2 Å². The van der Waals surface area contributed by atoms with Crippen molar-refractivity contribution >= 4 is 5.97 Å². The highest BCUT2D eigenvalue weighted by molar-refractivity contribution is 5.88. The minimum atomic E-state index is -1.49. The third-order valence-corrected chi connectivity index (χ3v) is 1.98. The average molecular weight is 228 g/mol. The number of aliphatic hydroxyl groups excluding tert-OH is 1. The van der Waals surface area contributed by atoms with Gasteiger partial charge in [0.15, 0.2) is 0 Å². The number of rotatable bonds is 3. The Kier molecular flexibility index (Phi) is 3.73. The molecule has 3 nitrogen and oxygen atoms in total. The summed E-state index contributed by atoms with van der Waals surface area (Å²) >= 11 is 0. The van der Waals surface area contributed by atoms with Gasteiger partial charge in [-0.05, 0) is 17.7 Å². The van der Waals surface area contributed by atoms with Gasteiger partial charge in [0.25, 0.3) is 0 Å². The first-order valence-electron chi connectivity index (χ1n) is 4.37. The maximum atomic E-state index is 12.8. The lowest BCUT2D eigenvalue weighted by Gasteiger charge is -2.12. The van der Waals surface area contributed by atoms with Gasteiger partial charge in [-0.15, -0.1) is 0 Å². The van der Waals surface area contributed by atoms with Gasteiger partial charge in [-0.3, -0.25) is 0 Å². The number of hydrogen-bond donors (Lipinski definition) is 1. The van der Waals surface area contributed by atoms with Gasteiger partial charge in [-0.2, -0.15) is 0 Å². The standard InChI is InChI=1S/C11H10F2O3/c1-6(11(15)16-2)10(14)7-3-8(12)5-9(13)4-7/h3-5,10,14H,1H2,2H3. The molecule has 0 fully saturated rings. The lowest BCUT2D eigenvalue weighted by atomic mass is 10.0. The summed E-state index contributed by atoms with van der Waals surface area (Å²) in [6, 6.07) is 2.50. The first-order chi connectivity index (χ1) is 7.45. The van der Waals surface area contributed by atoms with Gasteiger partial charge < -0.3 is 9.84 Å². The Morgan fingerprint density at radius 3 is 2.31 bits per heavy atom. The quantitative estimate of drug-likeness (QED) is 0.633. The average Bonchev–Trinajstić information content (AvgIpc) is 2.24. The second-order valence-corrected chi connectivity index (χ2v) is 3.12. The van der Waals surface area contributed by atoms with Crippen LogP contribution in [0.15, 0.2) is 30.4 Å². The highest BCUT2D eigenvalue weighted by Gasteiger charge is 2.20. The van der Waals surface area contributed by atoms with E-state index in [0.29, 0.717) is 6.07 Å². The van der Waals surface area contributed by atoms with Crippen LogP contribution in [0.3, 0.4) is 0 Å². The van der Waals surface area contributed by atoms with Gasteiger partial charge in [-0.1, -0.05) is 6.58 Å². The lowest BCUT2D eigenvalue weighted by molar-refractivity contribution is -0.137. The highest BCUT2D eigenvalue weighted by Crippen LogP contribution is 2.22. The monoisotopic (exact) mass is 228 g/mol. The lowest BCUT2D eigenvalue weighted by Crippen LogP contribution is -2.12. The number of hydrogen-bond acceptors (Lipinski definition) is 3. The molecule has 0 aliphatic rings. The van der Waals surface area contributed by atoms with Gasteiger partial charge in [0.1, 0.15) is 17.7 Å². The molecule has 1 atom stereocenters. The molecule has 1 aromatic rings. The summed E-state index contributed by atoms with van der Waals surface area (Å²) in [5, 5.41) is 9.61. The van der Waals surface area contributed by atoms with Crippen molar-refractivity contribution in [3.05, 3.63) is 47.5 Å². The number of carbonyl (C=O) groups is 1.